The fourth-order valence-electron chi connectivity index (χ4n) is 2.60. The third-order valence-corrected chi connectivity index (χ3v) is 3.81. The van der Waals surface area contributed by atoms with Crippen LogP contribution in [0.2, 0.25) is 0 Å². The summed E-state index contributed by atoms with van der Waals surface area (Å²) in [6, 6.07) is 10.6. The summed E-state index contributed by atoms with van der Waals surface area (Å²) in [7, 11) is 2.75. The number of amides is 1. The van der Waals surface area contributed by atoms with Crippen molar-refractivity contribution in [1.82, 2.24) is 9.78 Å². The highest BCUT2D eigenvalue weighted by Crippen LogP contribution is 2.31. The molecular formula is C18H15F2N3O4. The predicted molar refractivity (Wildman–Crippen MR) is 94.6 cm³/mol. The van der Waals surface area contributed by atoms with Crippen molar-refractivity contribution in [1.29, 1.82) is 0 Å². The number of methoxy groups -OCH3 is 1. The standard InChI is InChI=1S/C18H15F2N3O4/c1-23-17(25)12-6-4-3-5-11(12)15(22-23)16(24)21-10-7-8-13(26-2)14(9-10)27-18(19)20/h3-9,18H,1-2H3,(H,21,24). The quantitative estimate of drug-likeness (QED) is 0.742. The molecule has 0 radical (unpaired) electrons. The lowest BCUT2D eigenvalue weighted by atomic mass is 10.1. The Balaban J connectivity index is 1.98. The number of fused-ring (bicyclic) bond motifs is 1. The maximum Gasteiger partial charge on any atom is 0.387 e. The van der Waals surface area contributed by atoms with Crippen molar-refractivity contribution in [3.05, 3.63) is 58.5 Å². The number of nitrogens with one attached hydrogen (secondary N) is 1. The van der Waals surface area contributed by atoms with Gasteiger partial charge in [0.2, 0.25) is 0 Å². The van der Waals surface area contributed by atoms with E-state index in [4.69, 9.17) is 4.74 Å². The number of alkyl halides is 2. The number of rotatable bonds is 5. The monoisotopic (exact) mass is 375 g/mol. The highest BCUT2D eigenvalue weighted by molar-refractivity contribution is 6.11. The first-order valence-corrected chi connectivity index (χ1v) is 7.81. The molecule has 0 fully saturated rings. The molecule has 2 aromatic carbocycles. The van der Waals surface area contributed by atoms with Gasteiger partial charge in [-0.25, -0.2) is 4.68 Å². The summed E-state index contributed by atoms with van der Waals surface area (Å²) in [5.74, 6) is -0.725. The van der Waals surface area contributed by atoms with Crippen LogP contribution < -0.4 is 20.3 Å². The van der Waals surface area contributed by atoms with E-state index >= 15 is 0 Å². The van der Waals surface area contributed by atoms with Gasteiger partial charge in [0.05, 0.1) is 12.5 Å². The Morgan fingerprint density at radius 3 is 2.52 bits per heavy atom. The molecule has 1 amide bonds. The van der Waals surface area contributed by atoms with Crippen molar-refractivity contribution in [3.63, 3.8) is 0 Å². The maximum absolute atomic E-state index is 12.7. The molecule has 7 nitrogen and oxygen atoms in total. The molecule has 9 heteroatoms. The van der Waals surface area contributed by atoms with E-state index in [1.54, 1.807) is 24.3 Å². The fraction of sp³-hybridized carbons (Fsp3) is 0.167. The minimum atomic E-state index is -3.04. The first-order valence-electron chi connectivity index (χ1n) is 7.81. The lowest BCUT2D eigenvalue weighted by Crippen LogP contribution is -2.25. The van der Waals surface area contributed by atoms with E-state index in [1.807, 2.05) is 0 Å². The number of aromatic nitrogens is 2. The molecule has 0 bridgehead atoms. The normalized spacial score (nSPS) is 10.9. The molecule has 3 rings (SSSR count). The number of hydrogen-bond acceptors (Lipinski definition) is 5. The molecule has 0 aliphatic rings. The maximum atomic E-state index is 12.7. The number of carbonyl (C=O) groups is 1. The number of benzene rings is 2. The first-order chi connectivity index (χ1) is 12.9. The van der Waals surface area contributed by atoms with Crippen LogP contribution in [0.3, 0.4) is 0 Å². The molecule has 140 valence electrons. The number of nitrogens with zero attached hydrogens (tertiary/aromatic N) is 2. The summed E-state index contributed by atoms with van der Waals surface area (Å²) < 4.78 is 35.5. The van der Waals surface area contributed by atoms with Gasteiger partial charge < -0.3 is 14.8 Å². The molecule has 1 N–H and O–H groups in total. The van der Waals surface area contributed by atoms with Gasteiger partial charge in [-0.1, -0.05) is 18.2 Å². The van der Waals surface area contributed by atoms with E-state index in [0.717, 1.165) is 4.68 Å². The van der Waals surface area contributed by atoms with Gasteiger partial charge in [0, 0.05) is 24.2 Å². The van der Waals surface area contributed by atoms with Crippen molar-refractivity contribution in [2.24, 2.45) is 7.05 Å². The van der Waals surface area contributed by atoms with Crippen LogP contribution in [0.5, 0.6) is 11.5 Å². The number of ether oxygens (including phenoxy) is 2. The molecule has 1 aromatic heterocycles. The summed E-state index contributed by atoms with van der Waals surface area (Å²) in [5, 5.41) is 7.31. The number of halogens is 2. The van der Waals surface area contributed by atoms with Crippen LogP contribution in [0.15, 0.2) is 47.3 Å². The van der Waals surface area contributed by atoms with Crippen molar-refractivity contribution in [3.8, 4) is 11.5 Å². The average Bonchev–Trinajstić information content (AvgIpc) is 2.64. The third kappa shape index (κ3) is 3.71. The molecule has 0 saturated heterocycles. The smallest absolute Gasteiger partial charge is 0.387 e. The molecule has 3 aromatic rings. The van der Waals surface area contributed by atoms with Gasteiger partial charge in [-0.3, -0.25) is 9.59 Å². The van der Waals surface area contributed by atoms with Gasteiger partial charge in [0.15, 0.2) is 17.2 Å². The minimum Gasteiger partial charge on any atom is -0.493 e. The van der Waals surface area contributed by atoms with Crippen LogP contribution in [0.1, 0.15) is 10.5 Å². The van der Waals surface area contributed by atoms with Gasteiger partial charge in [-0.2, -0.15) is 13.9 Å². The van der Waals surface area contributed by atoms with E-state index in [-0.39, 0.29) is 28.4 Å². The number of hydrogen-bond donors (Lipinski definition) is 1. The highest BCUT2D eigenvalue weighted by atomic mass is 19.3. The summed E-state index contributed by atoms with van der Waals surface area (Å²) in [6.45, 7) is -3.04. The van der Waals surface area contributed by atoms with E-state index in [2.05, 4.69) is 15.2 Å². The Morgan fingerprint density at radius 1 is 1.15 bits per heavy atom. The zero-order valence-electron chi connectivity index (χ0n) is 14.4. The highest BCUT2D eigenvalue weighted by Gasteiger charge is 2.17. The summed E-state index contributed by atoms with van der Waals surface area (Å²) >= 11 is 0. The van der Waals surface area contributed by atoms with Crippen LogP contribution in [-0.2, 0) is 7.05 Å². The van der Waals surface area contributed by atoms with Crippen LogP contribution in [0.25, 0.3) is 10.8 Å². The summed E-state index contributed by atoms with van der Waals surface area (Å²) in [5.41, 5.74) is -0.102. The van der Waals surface area contributed by atoms with Crippen LogP contribution >= 0.6 is 0 Å². The molecule has 0 aliphatic carbocycles. The molecule has 0 spiro atoms. The first kappa shape index (κ1) is 18.3. The fourth-order valence-corrected chi connectivity index (χ4v) is 2.60. The molecular weight excluding hydrogens is 360 g/mol. The molecule has 0 unspecified atom stereocenters. The van der Waals surface area contributed by atoms with Crippen molar-refractivity contribution < 1.29 is 23.0 Å². The second-order valence-corrected chi connectivity index (χ2v) is 5.52. The molecule has 0 saturated carbocycles. The molecule has 1 heterocycles. The van der Waals surface area contributed by atoms with Crippen LogP contribution in [0.4, 0.5) is 14.5 Å². The second kappa shape index (κ2) is 7.40. The van der Waals surface area contributed by atoms with Crippen LogP contribution in [-0.4, -0.2) is 29.4 Å². The topological polar surface area (TPSA) is 82.5 Å². The number of anilines is 1. The van der Waals surface area contributed by atoms with Gasteiger partial charge >= 0.3 is 6.61 Å². The van der Waals surface area contributed by atoms with Gasteiger partial charge in [-0.05, 0) is 18.2 Å². The van der Waals surface area contributed by atoms with Gasteiger partial charge in [0.1, 0.15) is 0 Å². The van der Waals surface area contributed by atoms with Crippen molar-refractivity contribution >= 4 is 22.4 Å². The van der Waals surface area contributed by atoms with E-state index in [9.17, 15) is 18.4 Å². The van der Waals surface area contributed by atoms with E-state index in [1.165, 1.54) is 32.4 Å². The lowest BCUT2D eigenvalue weighted by molar-refractivity contribution is -0.0511. The van der Waals surface area contributed by atoms with E-state index < -0.39 is 12.5 Å². The third-order valence-electron chi connectivity index (χ3n) is 3.81. The Hall–Kier alpha value is -3.49. The zero-order valence-corrected chi connectivity index (χ0v) is 14.4. The van der Waals surface area contributed by atoms with E-state index in [0.29, 0.717) is 10.8 Å². The SMILES string of the molecule is COc1ccc(NC(=O)c2nn(C)c(=O)c3ccccc23)cc1OC(F)F. The Labute approximate surface area is 152 Å². The largest absolute Gasteiger partial charge is 0.493 e. The Bertz CT molecular complexity index is 1070. The van der Waals surface area contributed by atoms with Crippen molar-refractivity contribution in [2.75, 3.05) is 12.4 Å². The molecule has 0 aliphatic heterocycles. The average molecular weight is 375 g/mol. The Kier molecular flexibility index (Phi) is 5.02. The predicted octanol–water partition coefficient (Wildman–Crippen LogP) is 2.80. The van der Waals surface area contributed by atoms with Crippen molar-refractivity contribution in [2.45, 2.75) is 6.61 Å². The van der Waals surface area contributed by atoms with Gasteiger partial charge in [0.25, 0.3) is 11.5 Å². The number of aryl methyl sites for hydroxylation is 1. The molecule has 27 heavy (non-hydrogen) atoms. The summed E-state index contributed by atoms with van der Waals surface area (Å²) in [6.07, 6.45) is 0. The summed E-state index contributed by atoms with van der Waals surface area (Å²) in [4.78, 5) is 24.8. The van der Waals surface area contributed by atoms with Crippen LogP contribution in [0, 0.1) is 0 Å². The molecule has 0 atom stereocenters. The minimum absolute atomic E-state index is 0.0276. The van der Waals surface area contributed by atoms with Gasteiger partial charge in [-0.15, -0.1) is 0 Å². The second-order valence-electron chi connectivity index (χ2n) is 5.52. The lowest BCUT2D eigenvalue weighted by Gasteiger charge is -2.13. The zero-order chi connectivity index (χ0) is 19.6. The number of carbonyl (C=O) groups excluding carboxylic acids is 1. The Morgan fingerprint density at radius 2 is 1.85 bits per heavy atom.